The highest BCUT2D eigenvalue weighted by molar-refractivity contribution is 5.36. The van der Waals surface area contributed by atoms with Gasteiger partial charge in [-0.25, -0.2) is 0 Å². The Morgan fingerprint density at radius 2 is 1.58 bits per heavy atom. The van der Waals surface area contributed by atoms with Gasteiger partial charge in [0.2, 0.25) is 0 Å². The summed E-state index contributed by atoms with van der Waals surface area (Å²) < 4.78 is 0. The molecule has 3 nitrogen and oxygen atoms in total. The molecule has 1 aromatic carbocycles. The van der Waals surface area contributed by atoms with Crippen LogP contribution in [0.5, 0.6) is 0 Å². The molecule has 2 aromatic rings. The van der Waals surface area contributed by atoms with Gasteiger partial charge in [0.1, 0.15) is 12.1 Å². The molecule has 2 N–H and O–H groups in total. The van der Waals surface area contributed by atoms with E-state index in [-0.39, 0.29) is 0 Å². The molecule has 0 spiro atoms. The van der Waals surface area contributed by atoms with Crippen molar-refractivity contribution in [2.24, 2.45) is 0 Å². The van der Waals surface area contributed by atoms with Gasteiger partial charge in [0.15, 0.2) is 0 Å². The summed E-state index contributed by atoms with van der Waals surface area (Å²) in [5.74, 6) is 6.52. The van der Waals surface area contributed by atoms with E-state index in [1.807, 2.05) is 42.5 Å². The standard InChI is InChI=1S/C21H24N2O/c24-21(19-9-3-1-4-10-19,20-11-14-22-15-12-20)13-5-8-18-23-16-6-2-7-17-23/h1,3-4,9-12,14-15,24H,2,6-7,13,16-18H2/p+1/t21-/m1/s1. The molecule has 0 saturated carbocycles. The molecule has 3 rings (SSSR count). The Balaban J connectivity index is 1.76. The van der Waals surface area contributed by atoms with E-state index in [1.54, 1.807) is 17.3 Å². The number of piperidine rings is 1. The number of nitrogens with one attached hydrogen (secondary N) is 1. The number of rotatable bonds is 4. The van der Waals surface area contributed by atoms with Crippen molar-refractivity contribution in [3.8, 4) is 11.8 Å². The van der Waals surface area contributed by atoms with Crippen LogP contribution in [-0.2, 0) is 5.60 Å². The first kappa shape index (κ1) is 16.7. The quantitative estimate of drug-likeness (QED) is 0.843. The maximum absolute atomic E-state index is 11.4. The van der Waals surface area contributed by atoms with Gasteiger partial charge in [-0.05, 0) is 48.4 Å². The largest absolute Gasteiger partial charge is 0.379 e. The van der Waals surface area contributed by atoms with Crippen LogP contribution in [-0.4, -0.2) is 29.7 Å². The van der Waals surface area contributed by atoms with Crippen molar-refractivity contribution in [3.05, 3.63) is 66.0 Å². The van der Waals surface area contributed by atoms with Crippen LogP contribution in [0, 0.1) is 11.8 Å². The van der Waals surface area contributed by atoms with Crippen LogP contribution in [0.25, 0.3) is 0 Å². The Labute approximate surface area is 144 Å². The lowest BCUT2D eigenvalue weighted by Gasteiger charge is -2.27. The van der Waals surface area contributed by atoms with Crippen molar-refractivity contribution in [2.75, 3.05) is 19.6 Å². The van der Waals surface area contributed by atoms with E-state index in [9.17, 15) is 5.11 Å². The number of hydrogen-bond acceptors (Lipinski definition) is 2. The fraction of sp³-hybridized carbons (Fsp3) is 0.381. The fourth-order valence-corrected chi connectivity index (χ4v) is 3.32. The van der Waals surface area contributed by atoms with E-state index in [1.165, 1.54) is 32.4 Å². The average Bonchev–Trinajstić information content (AvgIpc) is 2.67. The van der Waals surface area contributed by atoms with Gasteiger partial charge in [0, 0.05) is 18.8 Å². The van der Waals surface area contributed by atoms with E-state index in [0.717, 1.165) is 17.7 Å². The second kappa shape index (κ2) is 8.10. The number of pyridine rings is 1. The van der Waals surface area contributed by atoms with Crippen molar-refractivity contribution in [2.45, 2.75) is 31.3 Å². The Bertz CT molecular complexity index is 643. The Kier molecular flexibility index (Phi) is 5.63. The lowest BCUT2D eigenvalue weighted by Crippen LogP contribution is -3.12. The van der Waals surface area contributed by atoms with Crippen molar-refractivity contribution in [1.29, 1.82) is 0 Å². The Hall–Kier alpha value is -2.15. The van der Waals surface area contributed by atoms with Gasteiger partial charge < -0.3 is 10.0 Å². The maximum Gasteiger partial charge on any atom is 0.139 e. The molecule has 1 saturated heterocycles. The molecule has 1 aromatic heterocycles. The molecule has 1 aliphatic heterocycles. The normalized spacial score (nSPS) is 17.5. The molecule has 24 heavy (non-hydrogen) atoms. The van der Waals surface area contributed by atoms with Crippen LogP contribution in [0.1, 0.15) is 36.8 Å². The predicted molar refractivity (Wildman–Crippen MR) is 95.5 cm³/mol. The Morgan fingerprint density at radius 3 is 2.29 bits per heavy atom. The monoisotopic (exact) mass is 321 g/mol. The smallest absolute Gasteiger partial charge is 0.139 e. The molecule has 0 unspecified atom stereocenters. The second-order valence-electron chi connectivity index (χ2n) is 6.48. The van der Waals surface area contributed by atoms with Crippen LogP contribution < -0.4 is 4.90 Å². The number of likely N-dealkylation sites (tertiary alicyclic amines) is 1. The van der Waals surface area contributed by atoms with Gasteiger partial charge in [-0.15, -0.1) is 0 Å². The molecule has 1 fully saturated rings. The van der Waals surface area contributed by atoms with Crippen LogP contribution in [0.3, 0.4) is 0 Å². The highest BCUT2D eigenvalue weighted by atomic mass is 16.3. The number of nitrogens with zero attached hydrogens (tertiary/aromatic N) is 1. The van der Waals surface area contributed by atoms with Gasteiger partial charge in [0.05, 0.1) is 13.1 Å². The third-order valence-corrected chi connectivity index (χ3v) is 4.78. The highest BCUT2D eigenvalue weighted by Gasteiger charge is 2.30. The molecule has 1 aliphatic rings. The molecule has 124 valence electrons. The van der Waals surface area contributed by atoms with Gasteiger partial charge in [-0.2, -0.15) is 0 Å². The maximum atomic E-state index is 11.4. The van der Waals surface area contributed by atoms with Crippen molar-refractivity contribution in [1.82, 2.24) is 4.98 Å². The molecule has 0 bridgehead atoms. The average molecular weight is 321 g/mol. The number of hydrogen-bond donors (Lipinski definition) is 2. The molecule has 2 heterocycles. The van der Waals surface area contributed by atoms with E-state index < -0.39 is 5.60 Å². The van der Waals surface area contributed by atoms with E-state index in [0.29, 0.717) is 6.42 Å². The zero-order chi connectivity index (χ0) is 16.7. The number of aliphatic hydroxyl groups is 1. The third kappa shape index (κ3) is 4.03. The van der Waals surface area contributed by atoms with E-state index in [4.69, 9.17) is 0 Å². The first-order chi connectivity index (χ1) is 11.8. The summed E-state index contributed by atoms with van der Waals surface area (Å²) in [5, 5.41) is 11.4. The summed E-state index contributed by atoms with van der Waals surface area (Å²) in [6.45, 7) is 3.32. The van der Waals surface area contributed by atoms with Crippen LogP contribution in [0.4, 0.5) is 0 Å². The van der Waals surface area contributed by atoms with E-state index in [2.05, 4.69) is 16.8 Å². The van der Waals surface area contributed by atoms with Crippen molar-refractivity contribution >= 4 is 0 Å². The molecule has 1 atom stereocenters. The summed E-state index contributed by atoms with van der Waals surface area (Å²) in [7, 11) is 0. The minimum Gasteiger partial charge on any atom is -0.379 e. The minimum absolute atomic E-state index is 0.397. The minimum atomic E-state index is -1.09. The fourth-order valence-electron chi connectivity index (χ4n) is 3.32. The lowest BCUT2D eigenvalue weighted by atomic mass is 9.84. The van der Waals surface area contributed by atoms with Crippen LogP contribution >= 0.6 is 0 Å². The number of aromatic nitrogens is 1. The summed E-state index contributed by atoms with van der Waals surface area (Å²) in [5.41, 5.74) is 0.619. The van der Waals surface area contributed by atoms with Crippen LogP contribution in [0.2, 0.25) is 0 Å². The van der Waals surface area contributed by atoms with Crippen molar-refractivity contribution < 1.29 is 10.0 Å². The molecule has 3 heteroatoms. The van der Waals surface area contributed by atoms with Gasteiger partial charge >= 0.3 is 0 Å². The Morgan fingerprint density at radius 1 is 0.917 bits per heavy atom. The zero-order valence-electron chi connectivity index (χ0n) is 14.0. The molecule has 0 radical (unpaired) electrons. The summed E-state index contributed by atoms with van der Waals surface area (Å²) in [6, 6.07) is 13.5. The summed E-state index contributed by atoms with van der Waals surface area (Å²) >= 11 is 0. The first-order valence-electron chi connectivity index (χ1n) is 8.77. The number of benzene rings is 1. The highest BCUT2D eigenvalue weighted by Crippen LogP contribution is 2.32. The molecular formula is C21H25N2O+. The zero-order valence-corrected chi connectivity index (χ0v) is 14.0. The van der Waals surface area contributed by atoms with Crippen molar-refractivity contribution in [3.63, 3.8) is 0 Å². The predicted octanol–water partition coefficient (Wildman–Crippen LogP) is 1.78. The second-order valence-corrected chi connectivity index (χ2v) is 6.48. The topological polar surface area (TPSA) is 37.6 Å². The van der Waals surface area contributed by atoms with Gasteiger partial charge in [-0.1, -0.05) is 36.3 Å². The summed E-state index contributed by atoms with van der Waals surface area (Å²) in [6.07, 6.45) is 7.80. The van der Waals surface area contributed by atoms with E-state index >= 15 is 0 Å². The third-order valence-electron chi connectivity index (χ3n) is 4.78. The number of quaternary nitrogens is 1. The summed E-state index contributed by atoms with van der Waals surface area (Å²) in [4.78, 5) is 5.63. The van der Waals surface area contributed by atoms with Gasteiger partial charge in [0.25, 0.3) is 0 Å². The SMILES string of the molecule is O[C@](CC#CC[NH+]1CCCCC1)(c1ccccc1)c1ccncc1. The lowest BCUT2D eigenvalue weighted by molar-refractivity contribution is -0.897. The molecule has 0 aliphatic carbocycles. The molecular weight excluding hydrogens is 296 g/mol. The molecule has 0 amide bonds. The van der Waals surface area contributed by atoms with Crippen LogP contribution in [0.15, 0.2) is 54.9 Å². The van der Waals surface area contributed by atoms with Gasteiger partial charge in [-0.3, -0.25) is 4.98 Å². The first-order valence-corrected chi connectivity index (χ1v) is 8.77.